The average molecular weight is 485 g/mol. The van der Waals surface area contributed by atoms with Crippen molar-refractivity contribution < 1.29 is 9.47 Å². The molecule has 0 aromatic heterocycles. The lowest BCUT2D eigenvalue weighted by molar-refractivity contribution is 0.160. The van der Waals surface area contributed by atoms with Crippen molar-refractivity contribution >= 4 is 32.8 Å². The van der Waals surface area contributed by atoms with Gasteiger partial charge < -0.3 is 9.47 Å². The molecule has 0 radical (unpaired) electrons. The summed E-state index contributed by atoms with van der Waals surface area (Å²) in [4.78, 5) is 0. The maximum absolute atomic E-state index is 6.97. The van der Waals surface area contributed by atoms with Crippen LogP contribution in [-0.2, 0) is 5.60 Å². The third-order valence-corrected chi connectivity index (χ3v) is 6.91. The number of fused-ring (bicyclic) bond motifs is 3. The molecule has 3 heteroatoms. The predicted molar refractivity (Wildman–Crippen MR) is 136 cm³/mol. The molecule has 160 valence electrons. The predicted octanol–water partition coefficient (Wildman–Crippen LogP) is 8.08. The maximum Gasteiger partial charge on any atom is 0.178 e. The Morgan fingerprint density at radius 1 is 0.875 bits per heavy atom. The van der Waals surface area contributed by atoms with Crippen LogP contribution in [0.15, 0.2) is 89.4 Å². The second-order valence-corrected chi connectivity index (χ2v) is 9.31. The van der Waals surface area contributed by atoms with Crippen LogP contribution in [0.1, 0.15) is 42.0 Å². The monoisotopic (exact) mass is 484 g/mol. The minimum absolute atomic E-state index is 0.366. The lowest BCUT2D eigenvalue weighted by atomic mass is 9.79. The number of ether oxygens (including phenoxy) is 2. The van der Waals surface area contributed by atoms with Gasteiger partial charge in [0.1, 0.15) is 11.5 Å². The minimum atomic E-state index is -0.727. The molecule has 5 rings (SSSR count). The molecule has 0 saturated carbocycles. The van der Waals surface area contributed by atoms with Gasteiger partial charge in [-0.25, -0.2) is 0 Å². The molecule has 1 aliphatic rings. The highest BCUT2D eigenvalue weighted by Crippen LogP contribution is 2.47. The molecule has 0 fully saturated rings. The van der Waals surface area contributed by atoms with Crippen LogP contribution in [0.25, 0.3) is 16.8 Å². The zero-order valence-corrected chi connectivity index (χ0v) is 20.0. The Morgan fingerprint density at radius 3 is 2.41 bits per heavy atom. The van der Waals surface area contributed by atoms with E-state index in [9.17, 15) is 0 Å². The molecule has 32 heavy (non-hydrogen) atoms. The molecule has 0 amide bonds. The molecular weight excluding hydrogens is 460 g/mol. The molecule has 2 nitrogen and oxygen atoms in total. The van der Waals surface area contributed by atoms with Gasteiger partial charge in [-0.05, 0) is 53.3 Å². The van der Waals surface area contributed by atoms with E-state index >= 15 is 0 Å². The third kappa shape index (κ3) is 3.32. The minimum Gasteiger partial charge on any atom is -0.497 e. The van der Waals surface area contributed by atoms with Crippen molar-refractivity contribution in [1.82, 2.24) is 0 Å². The maximum atomic E-state index is 6.97. The number of rotatable bonds is 4. The molecule has 1 aliphatic heterocycles. The zero-order valence-electron chi connectivity index (χ0n) is 18.4. The molecular formula is C29H25BrO2. The summed E-state index contributed by atoms with van der Waals surface area (Å²) in [6, 6.07) is 27.3. The summed E-state index contributed by atoms with van der Waals surface area (Å²) >= 11 is 3.74. The van der Waals surface area contributed by atoms with Gasteiger partial charge in [-0.1, -0.05) is 84.4 Å². The van der Waals surface area contributed by atoms with Gasteiger partial charge in [0.2, 0.25) is 0 Å². The molecule has 4 aromatic carbocycles. The van der Waals surface area contributed by atoms with Crippen molar-refractivity contribution in [1.29, 1.82) is 0 Å². The summed E-state index contributed by atoms with van der Waals surface area (Å²) in [5.41, 5.74) is 3.88. The van der Waals surface area contributed by atoms with Gasteiger partial charge in [-0.3, -0.25) is 0 Å². The lowest BCUT2D eigenvalue weighted by Crippen LogP contribution is -2.35. The fourth-order valence-corrected chi connectivity index (χ4v) is 5.23. The topological polar surface area (TPSA) is 18.5 Å². The van der Waals surface area contributed by atoms with Crippen LogP contribution in [0, 0.1) is 0 Å². The Kier molecular flexibility index (Phi) is 5.30. The van der Waals surface area contributed by atoms with Crippen LogP contribution in [0.3, 0.4) is 0 Å². The zero-order chi connectivity index (χ0) is 22.3. The molecule has 0 saturated heterocycles. The number of hydrogen-bond donors (Lipinski definition) is 0. The second-order valence-electron chi connectivity index (χ2n) is 8.46. The molecule has 1 heterocycles. The van der Waals surface area contributed by atoms with E-state index in [1.165, 1.54) is 16.3 Å². The first-order valence-electron chi connectivity index (χ1n) is 10.9. The second kappa shape index (κ2) is 8.14. The first kappa shape index (κ1) is 20.8. The van der Waals surface area contributed by atoms with Gasteiger partial charge in [0.25, 0.3) is 0 Å². The Hall–Kier alpha value is -3.04. The first-order valence-corrected chi connectivity index (χ1v) is 11.7. The van der Waals surface area contributed by atoms with Gasteiger partial charge in [-0.15, -0.1) is 0 Å². The average Bonchev–Trinajstić information content (AvgIpc) is 2.83. The lowest BCUT2D eigenvalue weighted by Gasteiger charge is -2.38. The Morgan fingerprint density at radius 2 is 1.66 bits per heavy atom. The van der Waals surface area contributed by atoms with Crippen LogP contribution in [0.5, 0.6) is 11.5 Å². The number of hydrogen-bond acceptors (Lipinski definition) is 2. The molecule has 0 unspecified atom stereocenters. The standard InChI is InChI=1S/C29H25BrO2/c1-19(2)23-8-4-5-9-25(23)29(21-12-14-22(31-3)15-13-21)18-17-24-27(32-29)16-11-20-7-6-10-26(30)28(20)24/h4-19H,1-3H3/t29-/m1/s1. The quantitative estimate of drug-likeness (QED) is 0.291. The van der Waals surface area contributed by atoms with Crippen LogP contribution in [0.4, 0.5) is 0 Å². The van der Waals surface area contributed by atoms with E-state index in [1.807, 2.05) is 12.1 Å². The first-order chi connectivity index (χ1) is 15.5. The van der Waals surface area contributed by atoms with Gasteiger partial charge >= 0.3 is 0 Å². The van der Waals surface area contributed by atoms with Crippen molar-refractivity contribution in [2.75, 3.05) is 7.11 Å². The summed E-state index contributed by atoms with van der Waals surface area (Å²) in [6.45, 7) is 4.46. The van der Waals surface area contributed by atoms with Crippen LogP contribution < -0.4 is 9.47 Å². The van der Waals surface area contributed by atoms with E-state index in [4.69, 9.17) is 9.47 Å². The van der Waals surface area contributed by atoms with Gasteiger partial charge in [0.05, 0.1) is 7.11 Å². The van der Waals surface area contributed by atoms with Crippen molar-refractivity contribution in [3.8, 4) is 11.5 Å². The number of benzene rings is 4. The van der Waals surface area contributed by atoms with Gasteiger partial charge in [0, 0.05) is 26.5 Å². The number of methoxy groups -OCH3 is 1. The SMILES string of the molecule is COc1ccc([C@@]2(c3ccccc3C(C)C)C=Cc3c(ccc4cccc(Br)c34)O2)cc1. The molecule has 1 atom stereocenters. The van der Waals surface area contributed by atoms with E-state index < -0.39 is 5.60 Å². The largest absolute Gasteiger partial charge is 0.497 e. The van der Waals surface area contributed by atoms with Gasteiger partial charge in [-0.2, -0.15) is 0 Å². The van der Waals surface area contributed by atoms with E-state index in [0.717, 1.165) is 32.7 Å². The highest BCUT2D eigenvalue weighted by atomic mass is 79.9. The van der Waals surface area contributed by atoms with Crippen molar-refractivity contribution in [2.45, 2.75) is 25.4 Å². The Bertz CT molecular complexity index is 1320. The van der Waals surface area contributed by atoms with Crippen LogP contribution >= 0.6 is 15.9 Å². The summed E-state index contributed by atoms with van der Waals surface area (Å²) in [6.07, 6.45) is 4.42. The molecule has 4 aromatic rings. The molecule has 0 bridgehead atoms. The fourth-order valence-electron chi connectivity index (χ4n) is 4.64. The van der Waals surface area contributed by atoms with Crippen molar-refractivity contribution in [2.24, 2.45) is 0 Å². The summed E-state index contributed by atoms with van der Waals surface area (Å²) in [5.74, 6) is 2.07. The van der Waals surface area contributed by atoms with E-state index in [1.54, 1.807) is 7.11 Å². The highest BCUT2D eigenvalue weighted by molar-refractivity contribution is 9.10. The summed E-state index contributed by atoms with van der Waals surface area (Å²) in [5, 5.41) is 2.35. The molecule has 0 aliphatic carbocycles. The Labute approximate surface area is 197 Å². The third-order valence-electron chi connectivity index (χ3n) is 6.25. The van der Waals surface area contributed by atoms with Crippen molar-refractivity contribution in [3.63, 3.8) is 0 Å². The summed E-state index contributed by atoms with van der Waals surface area (Å²) < 4.78 is 13.5. The van der Waals surface area contributed by atoms with Crippen LogP contribution in [0.2, 0.25) is 0 Å². The fraction of sp³-hybridized carbons (Fsp3) is 0.172. The van der Waals surface area contributed by atoms with Crippen LogP contribution in [-0.4, -0.2) is 7.11 Å². The molecule has 0 spiro atoms. The smallest absolute Gasteiger partial charge is 0.178 e. The van der Waals surface area contributed by atoms with E-state index in [0.29, 0.717) is 5.92 Å². The summed E-state index contributed by atoms with van der Waals surface area (Å²) in [7, 11) is 1.69. The molecule has 0 N–H and O–H groups in total. The number of halogens is 1. The van der Waals surface area contributed by atoms with Crippen molar-refractivity contribution in [3.05, 3.63) is 112 Å². The Balaban J connectivity index is 1.77. The van der Waals surface area contributed by atoms with E-state index in [2.05, 4.69) is 109 Å². The highest BCUT2D eigenvalue weighted by Gasteiger charge is 2.39. The normalized spacial score (nSPS) is 17.3. The van der Waals surface area contributed by atoms with Gasteiger partial charge in [0.15, 0.2) is 5.60 Å². The van der Waals surface area contributed by atoms with E-state index in [-0.39, 0.29) is 0 Å².